The Kier molecular flexibility index (Phi) is 1.63. The summed E-state index contributed by atoms with van der Waals surface area (Å²) in [5.41, 5.74) is 1.29. The van der Waals surface area contributed by atoms with Gasteiger partial charge in [-0.1, -0.05) is 6.92 Å². The lowest BCUT2D eigenvalue weighted by Gasteiger charge is -1.87. The molecule has 0 fully saturated rings. The lowest BCUT2D eigenvalue weighted by molar-refractivity contribution is 1.06. The Morgan fingerprint density at radius 1 is 1.75 bits per heavy atom. The Hall–Kier alpha value is -0.370. The molecule has 0 bridgehead atoms. The molecule has 0 aliphatic rings. The average Bonchev–Trinajstić information content (AvgIpc) is 2.14. The number of hydrogen-bond donors (Lipinski definition) is 2. The number of H-pyrrole nitrogens is 1. The van der Waals surface area contributed by atoms with Gasteiger partial charge in [-0.25, -0.2) is 0 Å². The van der Waals surface area contributed by atoms with Crippen molar-refractivity contribution in [3.05, 3.63) is 17.8 Å². The van der Waals surface area contributed by atoms with Gasteiger partial charge in [0.25, 0.3) is 0 Å². The molecule has 0 atom stereocenters. The van der Waals surface area contributed by atoms with Crippen molar-refractivity contribution in [1.82, 2.24) is 4.98 Å². The lowest BCUT2D eigenvalue weighted by atomic mass is 10.3. The van der Waals surface area contributed by atoms with Crippen LogP contribution in [0.25, 0.3) is 0 Å². The van der Waals surface area contributed by atoms with Gasteiger partial charge < -0.3 is 4.98 Å². The average molecular weight is 127 g/mol. The number of rotatable bonds is 1. The highest BCUT2D eigenvalue weighted by Crippen LogP contribution is 2.09. The number of aromatic amines is 1. The monoisotopic (exact) mass is 127 g/mol. The van der Waals surface area contributed by atoms with Crippen LogP contribution in [0.2, 0.25) is 0 Å². The number of thiol groups is 1. The van der Waals surface area contributed by atoms with Crippen molar-refractivity contribution in [3.63, 3.8) is 0 Å². The molecule has 1 nitrogen and oxygen atoms in total. The molecule has 44 valence electrons. The molecule has 0 radical (unpaired) electrons. The molecule has 0 aliphatic carbocycles. The molecule has 0 saturated carbocycles. The Bertz CT molecular complexity index is 169. The zero-order valence-corrected chi connectivity index (χ0v) is 5.70. The lowest BCUT2D eigenvalue weighted by Crippen LogP contribution is -1.73. The van der Waals surface area contributed by atoms with Crippen molar-refractivity contribution < 1.29 is 0 Å². The van der Waals surface area contributed by atoms with Crippen molar-refractivity contribution in [2.45, 2.75) is 18.4 Å². The summed E-state index contributed by atoms with van der Waals surface area (Å²) >= 11 is 4.17. The molecule has 0 aliphatic heterocycles. The van der Waals surface area contributed by atoms with Gasteiger partial charge in [0.05, 0.1) is 5.03 Å². The number of aromatic nitrogens is 1. The molecule has 1 rings (SSSR count). The molecule has 8 heavy (non-hydrogen) atoms. The molecule has 0 aromatic carbocycles. The summed E-state index contributed by atoms with van der Waals surface area (Å²) in [5, 5.41) is 0.993. The summed E-state index contributed by atoms with van der Waals surface area (Å²) in [6, 6.07) is 2.04. The van der Waals surface area contributed by atoms with Crippen LogP contribution >= 0.6 is 12.6 Å². The standard InChI is InChI=1S/C6H9NS/c1-2-5-3-4-7-6(5)8/h3-4,7-8H,2H2,1H3. The fourth-order valence-corrected chi connectivity index (χ4v) is 0.985. The zero-order chi connectivity index (χ0) is 5.98. The van der Waals surface area contributed by atoms with E-state index in [0.29, 0.717) is 0 Å². The van der Waals surface area contributed by atoms with Gasteiger partial charge in [0.1, 0.15) is 0 Å². The van der Waals surface area contributed by atoms with E-state index in [2.05, 4.69) is 24.5 Å². The molecule has 1 heterocycles. The highest BCUT2D eigenvalue weighted by Gasteiger charge is 1.92. The van der Waals surface area contributed by atoms with Crippen molar-refractivity contribution in [2.24, 2.45) is 0 Å². The van der Waals surface area contributed by atoms with Gasteiger partial charge in [0.15, 0.2) is 0 Å². The highest BCUT2D eigenvalue weighted by atomic mass is 32.1. The minimum atomic E-state index is 0.993. The molecular formula is C6H9NS. The SMILES string of the molecule is CCc1cc[nH]c1S. The Morgan fingerprint density at radius 2 is 2.50 bits per heavy atom. The van der Waals surface area contributed by atoms with Gasteiger partial charge in [-0.15, -0.1) is 12.6 Å². The van der Waals surface area contributed by atoms with E-state index >= 15 is 0 Å². The number of nitrogens with one attached hydrogen (secondary N) is 1. The van der Waals surface area contributed by atoms with E-state index in [0.717, 1.165) is 11.4 Å². The van der Waals surface area contributed by atoms with E-state index in [9.17, 15) is 0 Å². The first kappa shape index (κ1) is 5.76. The van der Waals surface area contributed by atoms with E-state index in [1.165, 1.54) is 5.56 Å². The third kappa shape index (κ3) is 0.892. The Morgan fingerprint density at radius 3 is 2.75 bits per heavy atom. The molecule has 1 N–H and O–H groups in total. The summed E-state index contributed by atoms with van der Waals surface area (Å²) < 4.78 is 0. The van der Waals surface area contributed by atoms with Gasteiger partial charge >= 0.3 is 0 Å². The maximum absolute atomic E-state index is 4.17. The zero-order valence-electron chi connectivity index (χ0n) is 4.81. The first-order valence-corrected chi connectivity index (χ1v) is 3.14. The van der Waals surface area contributed by atoms with Crippen LogP contribution in [-0.2, 0) is 6.42 Å². The maximum Gasteiger partial charge on any atom is 0.0723 e. The summed E-state index contributed by atoms with van der Waals surface area (Å²) in [6.07, 6.45) is 2.96. The highest BCUT2D eigenvalue weighted by molar-refractivity contribution is 7.80. The van der Waals surface area contributed by atoms with Gasteiger partial charge in [-0.05, 0) is 18.1 Å². The summed E-state index contributed by atoms with van der Waals surface area (Å²) in [5.74, 6) is 0. The molecule has 1 aromatic rings. The van der Waals surface area contributed by atoms with E-state index in [-0.39, 0.29) is 0 Å². The molecule has 1 aromatic heterocycles. The van der Waals surface area contributed by atoms with E-state index < -0.39 is 0 Å². The Balaban J connectivity index is 2.92. The van der Waals surface area contributed by atoms with E-state index in [1.807, 2.05) is 12.3 Å². The van der Waals surface area contributed by atoms with Crippen LogP contribution in [0.4, 0.5) is 0 Å². The van der Waals surface area contributed by atoms with E-state index in [1.54, 1.807) is 0 Å². The predicted molar refractivity (Wildman–Crippen MR) is 37.4 cm³/mol. The first-order chi connectivity index (χ1) is 3.84. The van der Waals surface area contributed by atoms with Crippen LogP contribution in [-0.4, -0.2) is 4.98 Å². The van der Waals surface area contributed by atoms with Crippen molar-refractivity contribution in [3.8, 4) is 0 Å². The molecule has 0 spiro atoms. The summed E-state index contributed by atoms with van der Waals surface area (Å²) in [6.45, 7) is 2.11. The van der Waals surface area contributed by atoms with Crippen LogP contribution in [0.3, 0.4) is 0 Å². The number of aryl methyl sites for hydroxylation is 1. The third-order valence-electron chi connectivity index (χ3n) is 1.19. The maximum atomic E-state index is 4.17. The smallest absolute Gasteiger partial charge is 0.0723 e. The predicted octanol–water partition coefficient (Wildman–Crippen LogP) is 1.87. The fourth-order valence-electron chi connectivity index (χ4n) is 0.678. The topological polar surface area (TPSA) is 15.8 Å². The second-order valence-corrected chi connectivity index (χ2v) is 2.15. The normalized spacial score (nSPS) is 9.75. The van der Waals surface area contributed by atoms with E-state index in [4.69, 9.17) is 0 Å². The molecule has 0 saturated heterocycles. The second kappa shape index (κ2) is 2.27. The van der Waals surface area contributed by atoms with Gasteiger partial charge in [-0.2, -0.15) is 0 Å². The molecule has 0 amide bonds. The largest absolute Gasteiger partial charge is 0.356 e. The van der Waals surface area contributed by atoms with Crippen LogP contribution in [0.5, 0.6) is 0 Å². The van der Waals surface area contributed by atoms with Crippen molar-refractivity contribution >= 4 is 12.6 Å². The minimum Gasteiger partial charge on any atom is -0.356 e. The van der Waals surface area contributed by atoms with Crippen molar-refractivity contribution in [1.29, 1.82) is 0 Å². The minimum absolute atomic E-state index is 0.993. The third-order valence-corrected chi connectivity index (χ3v) is 1.61. The Labute approximate surface area is 54.5 Å². The van der Waals surface area contributed by atoms with Crippen LogP contribution < -0.4 is 0 Å². The van der Waals surface area contributed by atoms with Gasteiger partial charge in [0.2, 0.25) is 0 Å². The second-order valence-electron chi connectivity index (χ2n) is 1.71. The molecule has 0 unspecified atom stereocenters. The van der Waals surface area contributed by atoms with Gasteiger partial charge in [-0.3, -0.25) is 0 Å². The molecule has 2 heteroatoms. The summed E-state index contributed by atoms with van der Waals surface area (Å²) in [7, 11) is 0. The van der Waals surface area contributed by atoms with Crippen molar-refractivity contribution in [2.75, 3.05) is 0 Å². The van der Waals surface area contributed by atoms with Gasteiger partial charge in [0, 0.05) is 6.20 Å². The summed E-state index contributed by atoms with van der Waals surface area (Å²) in [4.78, 5) is 2.98. The van der Waals surface area contributed by atoms with Crippen LogP contribution in [0.15, 0.2) is 17.3 Å². The fraction of sp³-hybridized carbons (Fsp3) is 0.333. The number of hydrogen-bond acceptors (Lipinski definition) is 1. The van der Waals surface area contributed by atoms with Crippen LogP contribution in [0.1, 0.15) is 12.5 Å². The van der Waals surface area contributed by atoms with Crippen LogP contribution in [0, 0.1) is 0 Å². The molecular weight excluding hydrogens is 118 g/mol. The first-order valence-electron chi connectivity index (χ1n) is 2.69. The quantitative estimate of drug-likeness (QED) is 0.536.